The molecule has 0 aliphatic carbocycles. The summed E-state index contributed by atoms with van der Waals surface area (Å²) >= 11 is 1.02. The summed E-state index contributed by atoms with van der Waals surface area (Å²) in [5, 5.41) is 18.6. The molecule has 0 saturated carbocycles. The summed E-state index contributed by atoms with van der Waals surface area (Å²) in [6, 6.07) is 12.7. The maximum Gasteiger partial charge on any atom is 0.419 e. The van der Waals surface area contributed by atoms with Gasteiger partial charge in [-0.2, -0.15) is 13.2 Å². The highest BCUT2D eigenvalue weighted by Gasteiger charge is 2.35. The van der Waals surface area contributed by atoms with Crippen LogP contribution in [0.4, 0.5) is 13.2 Å². The van der Waals surface area contributed by atoms with Crippen LogP contribution in [0, 0.1) is 0 Å². The normalized spacial score (nSPS) is 14.0. The van der Waals surface area contributed by atoms with E-state index in [0.29, 0.717) is 16.4 Å². The lowest BCUT2D eigenvalue weighted by Gasteiger charge is -2.17. The molecule has 2 aromatic carbocycles. The van der Waals surface area contributed by atoms with Gasteiger partial charge in [0, 0.05) is 10.9 Å². The second-order valence-corrected chi connectivity index (χ2v) is 8.21. The van der Waals surface area contributed by atoms with Gasteiger partial charge in [-0.1, -0.05) is 29.5 Å². The quantitative estimate of drug-likeness (QED) is 0.443. The molecule has 31 heavy (non-hydrogen) atoms. The van der Waals surface area contributed by atoms with Crippen molar-refractivity contribution in [3.8, 4) is 16.3 Å². The molecule has 3 N–H and O–H groups in total. The molecule has 4 aromatic rings. The number of aliphatic hydroxyl groups excluding tert-OH is 1. The summed E-state index contributed by atoms with van der Waals surface area (Å²) in [6.45, 7) is 1.04. The van der Waals surface area contributed by atoms with Crippen LogP contribution in [0.5, 0.6) is 5.75 Å². The van der Waals surface area contributed by atoms with Crippen LogP contribution in [-0.2, 0) is 18.3 Å². The van der Waals surface area contributed by atoms with Crippen molar-refractivity contribution in [1.82, 2.24) is 10.2 Å². The Hall–Kier alpha value is -2.95. The fourth-order valence-corrected chi connectivity index (χ4v) is 3.79. The van der Waals surface area contributed by atoms with Gasteiger partial charge in [0.2, 0.25) is 0 Å². The Kier molecular flexibility index (Phi) is 5.46. The maximum atomic E-state index is 13.7. The van der Waals surface area contributed by atoms with Crippen molar-refractivity contribution < 1.29 is 27.4 Å². The number of nitrogens with zero attached hydrogens (tertiary/aromatic N) is 2. The molecule has 0 bridgehead atoms. The van der Waals surface area contributed by atoms with Crippen molar-refractivity contribution in [3.63, 3.8) is 0 Å². The second-order valence-electron chi connectivity index (χ2n) is 7.24. The molecule has 0 saturated heterocycles. The number of nitrogens with two attached hydrogens (primary N) is 1. The topological polar surface area (TPSA) is 94.4 Å². The largest absolute Gasteiger partial charge is 0.485 e. The van der Waals surface area contributed by atoms with Crippen molar-refractivity contribution >= 4 is 22.3 Å². The zero-order chi connectivity index (χ0) is 22.2. The van der Waals surface area contributed by atoms with Crippen molar-refractivity contribution in [1.29, 1.82) is 0 Å². The first-order valence-electron chi connectivity index (χ1n) is 9.23. The van der Waals surface area contributed by atoms with Crippen LogP contribution in [0.25, 0.3) is 21.5 Å². The highest BCUT2D eigenvalue weighted by atomic mass is 32.1. The lowest BCUT2D eigenvalue weighted by atomic mass is 10.1. The minimum absolute atomic E-state index is 0.151. The number of fused-ring (bicyclic) bond motifs is 1. The number of hydrogen-bond donors (Lipinski definition) is 2. The molecule has 6 nitrogen and oxygen atoms in total. The lowest BCUT2D eigenvalue weighted by molar-refractivity contribution is -0.139. The number of ether oxygens (including phenoxy) is 1. The standard InChI is InChI=1S/C21H18F3N3O3S/c1-20(25,11-28)19-27-26-18(31-19)13-6-7-17(15(9-13)21(22,23)24)29-10-14-8-12-4-2-3-5-16(12)30-14/h2-9,28H,10-11,25H2,1H3/t20-/m0/s1. The Morgan fingerprint density at radius 3 is 2.61 bits per heavy atom. The van der Waals surface area contributed by atoms with Crippen LogP contribution in [0.2, 0.25) is 0 Å². The molecule has 0 aliphatic rings. The SMILES string of the molecule is C[C@](N)(CO)c1nnc(-c2ccc(OCc3cc4ccccc4o3)c(C(F)(F)F)c2)s1. The molecule has 0 spiro atoms. The number of aliphatic hydroxyl groups is 1. The van der Waals surface area contributed by atoms with Crippen LogP contribution in [0.15, 0.2) is 52.9 Å². The van der Waals surface area contributed by atoms with Crippen molar-refractivity contribution in [2.45, 2.75) is 25.2 Å². The number of aromatic nitrogens is 2. The minimum Gasteiger partial charge on any atom is -0.485 e. The summed E-state index contributed by atoms with van der Waals surface area (Å²) in [5.74, 6) is 0.0962. The number of furan rings is 1. The average Bonchev–Trinajstić information content (AvgIpc) is 3.39. The average molecular weight is 449 g/mol. The van der Waals surface area contributed by atoms with E-state index in [9.17, 15) is 18.3 Å². The van der Waals surface area contributed by atoms with Crippen molar-refractivity contribution in [2.24, 2.45) is 5.73 Å². The summed E-state index contributed by atoms with van der Waals surface area (Å²) in [5.41, 5.74) is 4.72. The zero-order valence-corrected chi connectivity index (χ0v) is 17.1. The second kappa shape index (κ2) is 7.95. The summed E-state index contributed by atoms with van der Waals surface area (Å²) in [7, 11) is 0. The van der Waals surface area contributed by atoms with Crippen LogP contribution < -0.4 is 10.5 Å². The van der Waals surface area contributed by atoms with E-state index in [-0.39, 0.29) is 29.5 Å². The van der Waals surface area contributed by atoms with Gasteiger partial charge < -0.3 is 20.0 Å². The molecule has 2 aromatic heterocycles. The highest BCUT2D eigenvalue weighted by Crippen LogP contribution is 2.40. The van der Waals surface area contributed by atoms with E-state index in [1.807, 2.05) is 18.2 Å². The van der Waals surface area contributed by atoms with Gasteiger partial charge in [-0.15, -0.1) is 10.2 Å². The van der Waals surface area contributed by atoms with Crippen LogP contribution in [-0.4, -0.2) is 21.9 Å². The number of halogens is 3. The van der Waals surface area contributed by atoms with Gasteiger partial charge in [0.1, 0.15) is 33.7 Å². The first kappa shape index (κ1) is 21.3. The predicted octanol–water partition coefficient (Wildman–Crippen LogP) is 4.72. The Balaban J connectivity index is 1.61. The third kappa shape index (κ3) is 4.41. The minimum atomic E-state index is -4.64. The monoisotopic (exact) mass is 449 g/mol. The van der Waals surface area contributed by atoms with Crippen LogP contribution in [0.3, 0.4) is 0 Å². The fourth-order valence-electron chi connectivity index (χ4n) is 2.91. The molecule has 162 valence electrons. The van der Waals surface area contributed by atoms with Crippen molar-refractivity contribution in [2.75, 3.05) is 6.61 Å². The third-order valence-electron chi connectivity index (χ3n) is 4.62. The molecule has 2 heterocycles. The molecular formula is C21H18F3N3O3S. The number of hydrogen-bond acceptors (Lipinski definition) is 7. The lowest BCUT2D eigenvalue weighted by Crippen LogP contribution is -2.36. The van der Waals surface area contributed by atoms with Gasteiger partial charge in [-0.05, 0) is 37.3 Å². The number of rotatable bonds is 6. The van der Waals surface area contributed by atoms with Gasteiger partial charge in [0.25, 0.3) is 0 Å². The fraction of sp³-hybridized carbons (Fsp3) is 0.238. The molecule has 0 radical (unpaired) electrons. The molecule has 10 heteroatoms. The van der Waals surface area contributed by atoms with E-state index in [1.165, 1.54) is 12.1 Å². The van der Waals surface area contributed by atoms with Crippen molar-refractivity contribution in [3.05, 3.63) is 64.9 Å². The molecule has 0 amide bonds. The smallest absolute Gasteiger partial charge is 0.419 e. The highest BCUT2D eigenvalue weighted by molar-refractivity contribution is 7.14. The van der Waals surface area contributed by atoms with E-state index in [4.69, 9.17) is 14.9 Å². The summed E-state index contributed by atoms with van der Waals surface area (Å²) in [4.78, 5) is 0. The molecular weight excluding hydrogens is 431 g/mol. The van der Waals surface area contributed by atoms with E-state index in [1.54, 1.807) is 19.1 Å². The Bertz CT molecular complexity index is 1180. The number of para-hydroxylation sites is 1. The van der Waals surface area contributed by atoms with E-state index in [2.05, 4.69) is 10.2 Å². The maximum absolute atomic E-state index is 13.7. The molecule has 0 unspecified atom stereocenters. The number of benzene rings is 2. The van der Waals surface area contributed by atoms with Crippen LogP contribution >= 0.6 is 11.3 Å². The molecule has 4 rings (SSSR count). The first-order valence-corrected chi connectivity index (χ1v) is 10.0. The van der Waals surface area contributed by atoms with Gasteiger partial charge >= 0.3 is 6.18 Å². The van der Waals surface area contributed by atoms with E-state index in [0.717, 1.165) is 22.8 Å². The Labute approximate surface area is 179 Å². The van der Waals surface area contributed by atoms with E-state index >= 15 is 0 Å². The van der Waals surface area contributed by atoms with Crippen LogP contribution in [0.1, 0.15) is 23.3 Å². The van der Waals surface area contributed by atoms with Gasteiger partial charge in [0.15, 0.2) is 0 Å². The van der Waals surface area contributed by atoms with E-state index < -0.39 is 17.3 Å². The number of alkyl halides is 3. The van der Waals surface area contributed by atoms with Gasteiger partial charge in [-0.25, -0.2) is 0 Å². The first-order chi connectivity index (χ1) is 14.7. The van der Waals surface area contributed by atoms with Gasteiger partial charge in [0.05, 0.1) is 17.7 Å². The van der Waals surface area contributed by atoms with Gasteiger partial charge in [-0.3, -0.25) is 0 Å². The summed E-state index contributed by atoms with van der Waals surface area (Å²) in [6.07, 6.45) is -4.64. The molecule has 0 aliphatic heterocycles. The summed E-state index contributed by atoms with van der Waals surface area (Å²) < 4.78 is 52.1. The third-order valence-corrected chi connectivity index (χ3v) is 5.87. The Morgan fingerprint density at radius 1 is 1.13 bits per heavy atom. The zero-order valence-electron chi connectivity index (χ0n) is 16.3. The predicted molar refractivity (Wildman–Crippen MR) is 110 cm³/mol. The molecule has 0 fully saturated rings. The Morgan fingerprint density at radius 2 is 1.90 bits per heavy atom. The molecule has 1 atom stereocenters.